The fraction of sp³-hybridized carbons (Fsp3) is 0.800. The molecule has 0 aromatic heterocycles. The predicted molar refractivity (Wildman–Crippen MR) is 49.3 cm³/mol. The molecule has 0 spiro atoms. The largest absolute Gasteiger partial charge is 0.324 e. The van der Waals surface area contributed by atoms with Crippen LogP contribution in [-0.4, -0.2) is 6.04 Å². The normalized spacial score (nSPS) is 32.3. The van der Waals surface area contributed by atoms with E-state index in [4.69, 9.17) is 5.73 Å². The number of allylic oxidation sites excluding steroid dienone is 1. The van der Waals surface area contributed by atoms with Gasteiger partial charge in [0.15, 0.2) is 0 Å². The SMILES string of the molecule is CC1=CC(N)C(C(C)C)CC1. The Hall–Kier alpha value is -0.300. The molecular weight excluding hydrogens is 134 g/mol. The molecule has 1 aliphatic carbocycles. The van der Waals surface area contributed by atoms with Crippen LogP contribution >= 0.6 is 0 Å². The van der Waals surface area contributed by atoms with E-state index in [1.807, 2.05) is 0 Å². The molecule has 0 heterocycles. The molecule has 1 aliphatic rings. The van der Waals surface area contributed by atoms with E-state index in [0.717, 1.165) is 5.92 Å². The van der Waals surface area contributed by atoms with Crippen LogP contribution in [0.2, 0.25) is 0 Å². The quantitative estimate of drug-likeness (QED) is 0.575. The van der Waals surface area contributed by atoms with E-state index in [2.05, 4.69) is 26.8 Å². The van der Waals surface area contributed by atoms with Crippen molar-refractivity contribution in [2.75, 3.05) is 0 Å². The van der Waals surface area contributed by atoms with Gasteiger partial charge in [-0.05, 0) is 31.6 Å². The van der Waals surface area contributed by atoms with Gasteiger partial charge in [0.1, 0.15) is 0 Å². The summed E-state index contributed by atoms with van der Waals surface area (Å²) < 4.78 is 0. The van der Waals surface area contributed by atoms with Crippen LogP contribution in [0.15, 0.2) is 11.6 Å². The van der Waals surface area contributed by atoms with Gasteiger partial charge < -0.3 is 5.73 Å². The highest BCUT2D eigenvalue weighted by molar-refractivity contribution is 5.09. The van der Waals surface area contributed by atoms with Crippen molar-refractivity contribution in [3.63, 3.8) is 0 Å². The minimum absolute atomic E-state index is 0.309. The Balaban J connectivity index is 2.60. The molecular formula is C10H19N. The zero-order chi connectivity index (χ0) is 8.43. The molecule has 0 amide bonds. The van der Waals surface area contributed by atoms with Gasteiger partial charge in [0, 0.05) is 6.04 Å². The zero-order valence-electron chi connectivity index (χ0n) is 7.80. The molecule has 11 heavy (non-hydrogen) atoms. The van der Waals surface area contributed by atoms with Crippen molar-refractivity contribution in [1.82, 2.24) is 0 Å². The summed E-state index contributed by atoms with van der Waals surface area (Å²) in [6.45, 7) is 6.70. The highest BCUT2D eigenvalue weighted by Crippen LogP contribution is 2.27. The summed E-state index contributed by atoms with van der Waals surface area (Å²) in [6, 6.07) is 0.309. The van der Waals surface area contributed by atoms with Crippen LogP contribution in [0, 0.1) is 11.8 Å². The minimum atomic E-state index is 0.309. The summed E-state index contributed by atoms with van der Waals surface area (Å²) in [5.74, 6) is 1.44. The minimum Gasteiger partial charge on any atom is -0.324 e. The van der Waals surface area contributed by atoms with E-state index in [1.54, 1.807) is 0 Å². The highest BCUT2D eigenvalue weighted by Gasteiger charge is 2.22. The third-order valence-corrected chi connectivity index (χ3v) is 2.70. The van der Waals surface area contributed by atoms with Gasteiger partial charge >= 0.3 is 0 Å². The zero-order valence-corrected chi connectivity index (χ0v) is 7.80. The van der Waals surface area contributed by atoms with Crippen molar-refractivity contribution in [2.24, 2.45) is 17.6 Å². The molecule has 1 heteroatoms. The molecule has 1 rings (SSSR count). The Morgan fingerprint density at radius 3 is 2.64 bits per heavy atom. The fourth-order valence-corrected chi connectivity index (χ4v) is 1.90. The number of hydrogen-bond acceptors (Lipinski definition) is 1. The van der Waals surface area contributed by atoms with Crippen molar-refractivity contribution in [1.29, 1.82) is 0 Å². The standard InChI is InChI=1S/C10H19N/c1-7(2)9-5-4-8(3)6-10(9)11/h6-7,9-10H,4-5,11H2,1-3H3. The van der Waals surface area contributed by atoms with Crippen LogP contribution in [0.5, 0.6) is 0 Å². The molecule has 0 fully saturated rings. The molecule has 0 aromatic carbocycles. The van der Waals surface area contributed by atoms with E-state index in [-0.39, 0.29) is 0 Å². The van der Waals surface area contributed by atoms with Gasteiger partial charge in [-0.15, -0.1) is 0 Å². The maximum atomic E-state index is 5.99. The van der Waals surface area contributed by atoms with Crippen LogP contribution < -0.4 is 5.73 Å². The summed E-state index contributed by atoms with van der Waals surface area (Å²) in [6.07, 6.45) is 4.76. The van der Waals surface area contributed by atoms with Gasteiger partial charge in [-0.2, -0.15) is 0 Å². The third-order valence-electron chi connectivity index (χ3n) is 2.70. The number of nitrogens with two attached hydrogens (primary N) is 1. The predicted octanol–water partition coefficient (Wildman–Crippen LogP) is 2.33. The maximum Gasteiger partial charge on any atom is 0.0257 e. The average molecular weight is 153 g/mol. The molecule has 0 aliphatic heterocycles. The molecule has 0 bridgehead atoms. The molecule has 0 saturated heterocycles. The van der Waals surface area contributed by atoms with Crippen LogP contribution in [0.4, 0.5) is 0 Å². The topological polar surface area (TPSA) is 26.0 Å². The Bertz CT molecular complexity index is 158. The van der Waals surface area contributed by atoms with Crippen LogP contribution in [0.25, 0.3) is 0 Å². The van der Waals surface area contributed by atoms with Gasteiger partial charge in [0.2, 0.25) is 0 Å². The van der Waals surface area contributed by atoms with Gasteiger partial charge in [-0.3, -0.25) is 0 Å². The molecule has 64 valence electrons. The average Bonchev–Trinajstić information content (AvgIpc) is 1.85. The van der Waals surface area contributed by atoms with Gasteiger partial charge in [0.25, 0.3) is 0 Å². The van der Waals surface area contributed by atoms with E-state index < -0.39 is 0 Å². The lowest BCUT2D eigenvalue weighted by atomic mass is 9.79. The summed E-state index contributed by atoms with van der Waals surface area (Å²) in [5, 5.41) is 0. The molecule has 0 aromatic rings. The maximum absolute atomic E-state index is 5.99. The molecule has 2 atom stereocenters. The van der Waals surface area contributed by atoms with Gasteiger partial charge in [0.05, 0.1) is 0 Å². The van der Waals surface area contributed by atoms with Crippen LogP contribution in [0.3, 0.4) is 0 Å². The molecule has 1 nitrogen and oxygen atoms in total. The van der Waals surface area contributed by atoms with Crippen molar-refractivity contribution in [3.05, 3.63) is 11.6 Å². The second-order valence-corrected chi connectivity index (χ2v) is 4.04. The van der Waals surface area contributed by atoms with Crippen molar-refractivity contribution in [3.8, 4) is 0 Å². The Morgan fingerprint density at radius 2 is 2.18 bits per heavy atom. The monoisotopic (exact) mass is 153 g/mol. The fourth-order valence-electron chi connectivity index (χ4n) is 1.90. The molecule has 2 N–H and O–H groups in total. The second kappa shape index (κ2) is 3.40. The Morgan fingerprint density at radius 1 is 1.55 bits per heavy atom. The lowest BCUT2D eigenvalue weighted by Gasteiger charge is -2.29. The van der Waals surface area contributed by atoms with E-state index in [9.17, 15) is 0 Å². The Kier molecular flexibility index (Phi) is 2.72. The lowest BCUT2D eigenvalue weighted by Crippen LogP contribution is -2.34. The van der Waals surface area contributed by atoms with Crippen molar-refractivity contribution < 1.29 is 0 Å². The first-order valence-corrected chi connectivity index (χ1v) is 4.54. The second-order valence-electron chi connectivity index (χ2n) is 4.04. The number of rotatable bonds is 1. The summed E-state index contributed by atoms with van der Waals surface area (Å²) in [7, 11) is 0. The van der Waals surface area contributed by atoms with Crippen molar-refractivity contribution >= 4 is 0 Å². The Labute approximate surface area is 69.7 Å². The lowest BCUT2D eigenvalue weighted by molar-refractivity contribution is 0.316. The third kappa shape index (κ3) is 2.06. The summed E-state index contributed by atoms with van der Waals surface area (Å²) >= 11 is 0. The number of hydrogen-bond donors (Lipinski definition) is 1. The smallest absolute Gasteiger partial charge is 0.0257 e. The van der Waals surface area contributed by atoms with Crippen LogP contribution in [-0.2, 0) is 0 Å². The van der Waals surface area contributed by atoms with Crippen molar-refractivity contribution in [2.45, 2.75) is 39.7 Å². The van der Waals surface area contributed by atoms with Crippen LogP contribution in [0.1, 0.15) is 33.6 Å². The highest BCUT2D eigenvalue weighted by atomic mass is 14.6. The van der Waals surface area contributed by atoms with E-state index >= 15 is 0 Å². The van der Waals surface area contributed by atoms with Gasteiger partial charge in [-0.25, -0.2) is 0 Å². The van der Waals surface area contributed by atoms with E-state index in [0.29, 0.717) is 12.0 Å². The first kappa shape index (κ1) is 8.79. The molecule has 0 saturated carbocycles. The molecule has 2 unspecified atom stereocenters. The molecule has 0 radical (unpaired) electrons. The summed E-state index contributed by atoms with van der Waals surface area (Å²) in [5.41, 5.74) is 7.46. The summed E-state index contributed by atoms with van der Waals surface area (Å²) in [4.78, 5) is 0. The first-order valence-electron chi connectivity index (χ1n) is 4.54. The van der Waals surface area contributed by atoms with E-state index in [1.165, 1.54) is 18.4 Å². The van der Waals surface area contributed by atoms with Gasteiger partial charge in [-0.1, -0.05) is 25.5 Å². The first-order chi connectivity index (χ1) is 5.11.